The van der Waals surface area contributed by atoms with Gasteiger partial charge in [-0.1, -0.05) is 36.4 Å². The second-order valence-electron chi connectivity index (χ2n) is 7.47. The minimum absolute atomic E-state index is 0.117. The molecule has 30 heavy (non-hydrogen) atoms. The summed E-state index contributed by atoms with van der Waals surface area (Å²) in [6, 6.07) is 18.3. The topological polar surface area (TPSA) is 71.4 Å². The molecule has 150 valence electrons. The number of benzene rings is 2. The van der Waals surface area contributed by atoms with Gasteiger partial charge in [0.15, 0.2) is 17.3 Å². The zero-order chi connectivity index (χ0) is 20.5. The van der Waals surface area contributed by atoms with Crippen LogP contribution in [0, 0.1) is 11.3 Å². The Morgan fingerprint density at radius 3 is 2.77 bits per heavy atom. The van der Waals surface area contributed by atoms with Crippen molar-refractivity contribution in [3.8, 4) is 17.6 Å². The van der Waals surface area contributed by atoms with Crippen LogP contribution in [0.3, 0.4) is 0 Å². The number of rotatable bonds is 4. The molecule has 1 aliphatic carbocycles. The quantitative estimate of drug-likeness (QED) is 0.774. The molecule has 1 N–H and O–H groups in total. The Balaban J connectivity index is 1.56. The molecule has 2 heterocycles. The second-order valence-corrected chi connectivity index (χ2v) is 8.45. The van der Waals surface area contributed by atoms with Gasteiger partial charge in [0, 0.05) is 23.4 Å². The summed E-state index contributed by atoms with van der Waals surface area (Å²) in [7, 11) is 0. The van der Waals surface area contributed by atoms with E-state index < -0.39 is 0 Å². The first kappa shape index (κ1) is 18.8. The zero-order valence-corrected chi connectivity index (χ0v) is 17.1. The van der Waals surface area contributed by atoms with E-state index in [2.05, 4.69) is 23.5 Å². The molecule has 2 aliphatic heterocycles. The summed E-state index contributed by atoms with van der Waals surface area (Å²) in [5.74, 6) is 1.84. The van der Waals surface area contributed by atoms with Crippen molar-refractivity contribution in [2.75, 3.05) is 6.79 Å². The van der Waals surface area contributed by atoms with Gasteiger partial charge in [0.25, 0.3) is 0 Å². The Bertz CT molecular complexity index is 1120. The van der Waals surface area contributed by atoms with Gasteiger partial charge >= 0.3 is 0 Å². The van der Waals surface area contributed by atoms with Gasteiger partial charge in [0.05, 0.1) is 22.6 Å². The molecule has 0 unspecified atom stereocenters. The first-order valence-electron chi connectivity index (χ1n) is 9.98. The fourth-order valence-electron chi connectivity index (χ4n) is 4.19. The van der Waals surface area contributed by atoms with Crippen molar-refractivity contribution in [3.63, 3.8) is 0 Å². The van der Waals surface area contributed by atoms with E-state index in [0.29, 0.717) is 23.5 Å². The molecule has 2 aromatic carbocycles. The van der Waals surface area contributed by atoms with Crippen molar-refractivity contribution in [2.45, 2.75) is 30.9 Å². The van der Waals surface area contributed by atoms with Crippen LogP contribution in [-0.2, 0) is 10.5 Å². The number of allylic oxidation sites excluding steroid dienone is 3. The predicted octanol–water partition coefficient (Wildman–Crippen LogP) is 4.78. The molecule has 0 saturated carbocycles. The summed E-state index contributed by atoms with van der Waals surface area (Å²) in [6.07, 6.45) is 2.17. The average Bonchev–Trinajstić information content (AvgIpc) is 3.25. The maximum Gasteiger partial charge on any atom is 0.231 e. The zero-order valence-electron chi connectivity index (χ0n) is 16.3. The Labute approximate surface area is 179 Å². The highest BCUT2D eigenvalue weighted by atomic mass is 32.2. The van der Waals surface area contributed by atoms with E-state index in [-0.39, 0.29) is 18.5 Å². The number of ether oxygens (including phenoxy) is 2. The van der Waals surface area contributed by atoms with E-state index in [1.165, 1.54) is 5.56 Å². The fourth-order valence-corrected chi connectivity index (χ4v) is 5.21. The molecule has 5 rings (SSSR count). The first-order valence-corrected chi connectivity index (χ1v) is 11.0. The lowest BCUT2D eigenvalue weighted by Crippen LogP contribution is -2.31. The molecule has 0 bridgehead atoms. The van der Waals surface area contributed by atoms with Gasteiger partial charge in [-0.3, -0.25) is 4.79 Å². The minimum atomic E-state index is -0.383. The van der Waals surface area contributed by atoms with Gasteiger partial charge in [0.1, 0.15) is 0 Å². The number of hydrogen-bond donors (Lipinski definition) is 1. The molecule has 0 spiro atoms. The standard InChI is InChI=1S/C24H20N2O3S/c25-12-17-22(16-9-10-20-21(11-16)29-14-28-20)23-18(7-4-8-19(23)27)26-24(17)30-13-15-5-2-1-3-6-15/h1-3,5-6,9-11,22,26H,4,7-8,13-14H2/t22-/m0/s1. The van der Waals surface area contributed by atoms with Crippen molar-refractivity contribution >= 4 is 17.5 Å². The highest BCUT2D eigenvalue weighted by Crippen LogP contribution is 2.46. The lowest BCUT2D eigenvalue weighted by molar-refractivity contribution is -0.116. The third kappa shape index (κ3) is 3.35. The summed E-state index contributed by atoms with van der Waals surface area (Å²) in [5.41, 5.74) is 4.33. The van der Waals surface area contributed by atoms with Crippen molar-refractivity contribution in [1.29, 1.82) is 5.26 Å². The molecule has 0 radical (unpaired) electrons. The number of fused-ring (bicyclic) bond motifs is 1. The molecule has 1 atom stereocenters. The summed E-state index contributed by atoms with van der Waals surface area (Å²) in [6.45, 7) is 0.191. The Hall–Kier alpha value is -3.17. The number of Topliss-reactive ketones (excluding diaryl/α,β-unsaturated/α-hetero) is 1. The van der Waals surface area contributed by atoms with Crippen LogP contribution in [0.1, 0.15) is 36.3 Å². The van der Waals surface area contributed by atoms with E-state index in [0.717, 1.165) is 40.5 Å². The molecule has 3 aliphatic rings. The lowest BCUT2D eigenvalue weighted by Gasteiger charge is -2.33. The van der Waals surface area contributed by atoms with E-state index in [1.54, 1.807) is 11.8 Å². The third-order valence-corrected chi connectivity index (χ3v) is 6.71. The Morgan fingerprint density at radius 1 is 1.10 bits per heavy atom. The van der Waals surface area contributed by atoms with Gasteiger partial charge in [-0.15, -0.1) is 11.8 Å². The second kappa shape index (κ2) is 7.92. The predicted molar refractivity (Wildman–Crippen MR) is 115 cm³/mol. The Morgan fingerprint density at radius 2 is 1.93 bits per heavy atom. The normalized spacial score (nSPS) is 20.0. The molecule has 0 fully saturated rings. The number of dihydropyridines is 1. The van der Waals surface area contributed by atoms with Crippen molar-refractivity contribution in [1.82, 2.24) is 5.32 Å². The number of hydrogen-bond acceptors (Lipinski definition) is 6. The van der Waals surface area contributed by atoms with E-state index >= 15 is 0 Å². The van der Waals surface area contributed by atoms with Gasteiger partial charge in [0.2, 0.25) is 6.79 Å². The SMILES string of the molecule is N#CC1=C(SCc2ccccc2)NC2=C(C(=O)CCC2)[C@H]1c1ccc2c(c1)OCO2. The number of ketones is 1. The summed E-state index contributed by atoms with van der Waals surface area (Å²) in [5, 5.41) is 14.4. The lowest BCUT2D eigenvalue weighted by atomic mass is 9.77. The number of nitriles is 1. The first-order chi connectivity index (χ1) is 14.7. The van der Waals surface area contributed by atoms with Gasteiger partial charge in [-0.25, -0.2) is 0 Å². The third-order valence-electron chi connectivity index (χ3n) is 5.62. The van der Waals surface area contributed by atoms with Crippen molar-refractivity contribution < 1.29 is 14.3 Å². The van der Waals surface area contributed by atoms with Gasteiger partial charge in [-0.2, -0.15) is 5.26 Å². The Kier molecular flexibility index (Phi) is 4.97. The van der Waals surface area contributed by atoms with Gasteiger partial charge < -0.3 is 14.8 Å². The molecule has 6 heteroatoms. The van der Waals surface area contributed by atoms with Crippen LogP contribution in [0.4, 0.5) is 0 Å². The summed E-state index contributed by atoms with van der Waals surface area (Å²) < 4.78 is 11.0. The number of nitrogens with zero attached hydrogens (tertiary/aromatic N) is 1. The summed E-state index contributed by atoms with van der Waals surface area (Å²) in [4.78, 5) is 12.9. The number of carbonyl (C=O) groups is 1. The largest absolute Gasteiger partial charge is 0.454 e. The van der Waals surface area contributed by atoms with E-state index in [4.69, 9.17) is 9.47 Å². The maximum atomic E-state index is 12.9. The molecule has 5 nitrogen and oxygen atoms in total. The van der Waals surface area contributed by atoms with Crippen LogP contribution in [0.25, 0.3) is 0 Å². The molecule has 0 saturated heterocycles. The molecular weight excluding hydrogens is 396 g/mol. The maximum absolute atomic E-state index is 12.9. The van der Waals surface area contributed by atoms with E-state index in [1.807, 2.05) is 36.4 Å². The van der Waals surface area contributed by atoms with Crippen LogP contribution in [0.15, 0.2) is 70.4 Å². The highest BCUT2D eigenvalue weighted by Gasteiger charge is 2.37. The number of nitrogens with one attached hydrogen (secondary N) is 1. The van der Waals surface area contributed by atoms with Crippen LogP contribution in [-0.4, -0.2) is 12.6 Å². The molecule has 0 aromatic heterocycles. The van der Waals surface area contributed by atoms with E-state index in [9.17, 15) is 10.1 Å². The van der Waals surface area contributed by atoms with Crippen LogP contribution >= 0.6 is 11.8 Å². The van der Waals surface area contributed by atoms with Crippen molar-refractivity contribution in [2.24, 2.45) is 0 Å². The minimum Gasteiger partial charge on any atom is -0.454 e. The van der Waals surface area contributed by atoms with Crippen molar-refractivity contribution in [3.05, 3.63) is 81.5 Å². The average molecular weight is 417 g/mol. The molecule has 2 aromatic rings. The molecule has 0 amide bonds. The monoisotopic (exact) mass is 416 g/mol. The van der Waals surface area contributed by atoms with Gasteiger partial charge in [-0.05, 0) is 36.1 Å². The van der Waals surface area contributed by atoms with Crippen LogP contribution < -0.4 is 14.8 Å². The van der Waals surface area contributed by atoms with Crippen LogP contribution in [0.2, 0.25) is 0 Å². The van der Waals surface area contributed by atoms with Crippen LogP contribution in [0.5, 0.6) is 11.5 Å². The molecular formula is C24H20N2O3S. The summed E-state index contributed by atoms with van der Waals surface area (Å²) >= 11 is 1.61. The highest BCUT2D eigenvalue weighted by molar-refractivity contribution is 8.02. The smallest absolute Gasteiger partial charge is 0.231 e. The number of thioether (sulfide) groups is 1. The fraction of sp³-hybridized carbons (Fsp3) is 0.250. The number of carbonyl (C=O) groups excluding carboxylic acids is 1.